The average Bonchev–Trinajstić information content (AvgIpc) is 2.75. The lowest BCUT2D eigenvalue weighted by Gasteiger charge is -2.48. The molecular formula is C14H27N3O2. The third-order valence-electron chi connectivity index (χ3n) is 4.69. The molecule has 0 bridgehead atoms. The Bertz CT molecular complexity index is 303. The van der Waals surface area contributed by atoms with Gasteiger partial charge in [-0.25, -0.2) is 0 Å². The van der Waals surface area contributed by atoms with Crippen molar-refractivity contribution >= 4 is 5.97 Å². The van der Waals surface area contributed by atoms with Gasteiger partial charge < -0.3 is 15.4 Å². The van der Waals surface area contributed by atoms with Crippen molar-refractivity contribution in [2.75, 3.05) is 46.4 Å². The molecule has 110 valence electrons. The van der Waals surface area contributed by atoms with Crippen LogP contribution in [0.5, 0.6) is 0 Å². The van der Waals surface area contributed by atoms with Gasteiger partial charge in [0.05, 0.1) is 7.11 Å². The monoisotopic (exact) mass is 269 g/mol. The van der Waals surface area contributed by atoms with Crippen LogP contribution in [0.2, 0.25) is 0 Å². The minimum atomic E-state index is -0.416. The van der Waals surface area contributed by atoms with Crippen molar-refractivity contribution in [3.05, 3.63) is 0 Å². The highest BCUT2D eigenvalue weighted by molar-refractivity contribution is 5.81. The van der Waals surface area contributed by atoms with Gasteiger partial charge in [0.2, 0.25) is 0 Å². The molecule has 2 rings (SSSR count). The Hall–Kier alpha value is -0.650. The van der Waals surface area contributed by atoms with E-state index in [0.29, 0.717) is 5.92 Å². The molecule has 0 aromatic rings. The summed E-state index contributed by atoms with van der Waals surface area (Å²) >= 11 is 0. The van der Waals surface area contributed by atoms with Crippen LogP contribution in [0, 0.1) is 5.92 Å². The standard InChI is InChI=1S/C14H27N3O2/c1-3-12-11-16-7-5-14(12,13(18)19-2)17-9-4-6-15-8-10-17/h12,15-16H,3-11H2,1-2H3. The van der Waals surface area contributed by atoms with Crippen LogP contribution < -0.4 is 10.6 Å². The van der Waals surface area contributed by atoms with E-state index in [9.17, 15) is 4.79 Å². The normalized spacial score (nSPS) is 33.7. The lowest BCUT2D eigenvalue weighted by Crippen LogP contribution is -2.65. The number of methoxy groups -OCH3 is 1. The Morgan fingerprint density at radius 2 is 2.16 bits per heavy atom. The van der Waals surface area contributed by atoms with E-state index in [2.05, 4.69) is 22.5 Å². The van der Waals surface area contributed by atoms with Crippen molar-refractivity contribution in [3.63, 3.8) is 0 Å². The highest BCUT2D eigenvalue weighted by Gasteiger charge is 2.51. The molecule has 2 aliphatic rings. The van der Waals surface area contributed by atoms with Crippen molar-refractivity contribution in [1.29, 1.82) is 0 Å². The molecule has 5 nitrogen and oxygen atoms in total. The predicted octanol–water partition coefficient (Wildman–Crippen LogP) is 0.213. The van der Waals surface area contributed by atoms with Crippen molar-refractivity contribution in [2.45, 2.75) is 31.7 Å². The van der Waals surface area contributed by atoms with E-state index in [-0.39, 0.29) is 5.97 Å². The average molecular weight is 269 g/mol. The summed E-state index contributed by atoms with van der Waals surface area (Å²) in [7, 11) is 1.52. The SMILES string of the molecule is CCC1CNCCC1(C(=O)OC)N1CCCNCC1. The number of rotatable bonds is 3. The number of carbonyl (C=O) groups is 1. The van der Waals surface area contributed by atoms with Crippen LogP contribution in [-0.2, 0) is 9.53 Å². The predicted molar refractivity (Wildman–Crippen MR) is 75.1 cm³/mol. The second-order valence-corrected chi connectivity index (χ2v) is 5.57. The number of ether oxygens (including phenoxy) is 1. The van der Waals surface area contributed by atoms with E-state index in [4.69, 9.17) is 4.74 Å². The molecule has 0 aromatic heterocycles. The van der Waals surface area contributed by atoms with Crippen LogP contribution >= 0.6 is 0 Å². The first kappa shape index (κ1) is 14.8. The van der Waals surface area contributed by atoms with Crippen molar-refractivity contribution in [3.8, 4) is 0 Å². The summed E-state index contributed by atoms with van der Waals surface area (Å²) in [6.45, 7) is 7.91. The van der Waals surface area contributed by atoms with Crippen molar-refractivity contribution < 1.29 is 9.53 Å². The first-order chi connectivity index (χ1) is 9.25. The van der Waals surface area contributed by atoms with E-state index in [1.807, 2.05) is 0 Å². The Kier molecular flexibility index (Phi) is 5.19. The second kappa shape index (κ2) is 6.68. The number of hydrogen-bond acceptors (Lipinski definition) is 5. The molecule has 0 aliphatic carbocycles. The molecule has 2 heterocycles. The molecule has 5 heteroatoms. The largest absolute Gasteiger partial charge is 0.468 e. The lowest BCUT2D eigenvalue weighted by atomic mass is 9.75. The van der Waals surface area contributed by atoms with Gasteiger partial charge >= 0.3 is 5.97 Å². The fourth-order valence-electron chi connectivity index (χ4n) is 3.65. The number of nitrogens with one attached hydrogen (secondary N) is 2. The topological polar surface area (TPSA) is 53.6 Å². The summed E-state index contributed by atoms with van der Waals surface area (Å²) in [4.78, 5) is 14.9. The van der Waals surface area contributed by atoms with E-state index < -0.39 is 5.54 Å². The first-order valence-corrected chi connectivity index (χ1v) is 7.50. The molecule has 0 radical (unpaired) electrons. The van der Waals surface area contributed by atoms with Crippen molar-refractivity contribution in [2.24, 2.45) is 5.92 Å². The molecule has 2 unspecified atom stereocenters. The van der Waals surface area contributed by atoms with Gasteiger partial charge in [-0.05, 0) is 32.4 Å². The molecule has 19 heavy (non-hydrogen) atoms. The van der Waals surface area contributed by atoms with E-state index in [1.54, 1.807) is 0 Å². The van der Waals surface area contributed by atoms with Crippen LogP contribution in [-0.4, -0.2) is 62.8 Å². The number of hydrogen-bond donors (Lipinski definition) is 2. The van der Waals surface area contributed by atoms with Crippen LogP contribution in [0.3, 0.4) is 0 Å². The van der Waals surface area contributed by atoms with Gasteiger partial charge in [-0.15, -0.1) is 0 Å². The van der Waals surface area contributed by atoms with Gasteiger partial charge in [0, 0.05) is 32.1 Å². The van der Waals surface area contributed by atoms with Gasteiger partial charge in [0.25, 0.3) is 0 Å². The summed E-state index contributed by atoms with van der Waals surface area (Å²) in [5, 5.41) is 6.84. The van der Waals surface area contributed by atoms with Gasteiger partial charge in [0.15, 0.2) is 0 Å². The zero-order valence-electron chi connectivity index (χ0n) is 12.2. The molecule has 0 aromatic carbocycles. The highest BCUT2D eigenvalue weighted by Crippen LogP contribution is 2.35. The molecule has 2 N–H and O–H groups in total. The molecule has 0 saturated carbocycles. The fraction of sp³-hybridized carbons (Fsp3) is 0.929. The molecule has 2 fully saturated rings. The van der Waals surface area contributed by atoms with E-state index in [0.717, 1.165) is 58.5 Å². The first-order valence-electron chi connectivity index (χ1n) is 7.50. The minimum Gasteiger partial charge on any atom is -0.468 e. The number of piperidine rings is 1. The molecule has 0 spiro atoms. The zero-order valence-corrected chi connectivity index (χ0v) is 12.2. The molecular weight excluding hydrogens is 242 g/mol. The van der Waals surface area contributed by atoms with Gasteiger partial charge in [-0.1, -0.05) is 6.92 Å². The van der Waals surface area contributed by atoms with Crippen LogP contribution in [0.25, 0.3) is 0 Å². The van der Waals surface area contributed by atoms with Crippen LogP contribution in [0.4, 0.5) is 0 Å². The third kappa shape index (κ3) is 2.78. The number of nitrogens with zero attached hydrogens (tertiary/aromatic N) is 1. The van der Waals surface area contributed by atoms with Gasteiger partial charge in [0.1, 0.15) is 5.54 Å². The smallest absolute Gasteiger partial charge is 0.326 e. The Morgan fingerprint density at radius 1 is 1.32 bits per heavy atom. The lowest BCUT2D eigenvalue weighted by molar-refractivity contribution is -0.162. The fourth-order valence-corrected chi connectivity index (χ4v) is 3.65. The maximum Gasteiger partial charge on any atom is 0.326 e. The Labute approximate surface area is 116 Å². The highest BCUT2D eigenvalue weighted by atomic mass is 16.5. The minimum absolute atomic E-state index is 0.0391. The summed E-state index contributed by atoms with van der Waals surface area (Å²) in [6, 6.07) is 0. The number of carbonyl (C=O) groups excluding carboxylic acids is 1. The second-order valence-electron chi connectivity index (χ2n) is 5.57. The van der Waals surface area contributed by atoms with Crippen LogP contribution in [0.15, 0.2) is 0 Å². The summed E-state index contributed by atoms with van der Waals surface area (Å²) < 4.78 is 5.19. The number of esters is 1. The van der Waals surface area contributed by atoms with Gasteiger partial charge in [-0.2, -0.15) is 0 Å². The Balaban J connectivity index is 2.28. The van der Waals surface area contributed by atoms with Gasteiger partial charge in [-0.3, -0.25) is 9.69 Å². The summed E-state index contributed by atoms with van der Waals surface area (Å²) in [5.74, 6) is 0.301. The zero-order chi connectivity index (χ0) is 13.7. The maximum atomic E-state index is 12.6. The van der Waals surface area contributed by atoms with E-state index in [1.165, 1.54) is 7.11 Å². The Morgan fingerprint density at radius 3 is 2.89 bits per heavy atom. The molecule has 2 saturated heterocycles. The van der Waals surface area contributed by atoms with Crippen molar-refractivity contribution in [1.82, 2.24) is 15.5 Å². The molecule has 2 aliphatic heterocycles. The third-order valence-corrected chi connectivity index (χ3v) is 4.69. The quantitative estimate of drug-likeness (QED) is 0.718. The summed E-state index contributed by atoms with van der Waals surface area (Å²) in [5.41, 5.74) is -0.416. The van der Waals surface area contributed by atoms with Crippen LogP contribution in [0.1, 0.15) is 26.2 Å². The maximum absolute atomic E-state index is 12.6. The summed E-state index contributed by atoms with van der Waals surface area (Å²) in [6.07, 6.45) is 2.97. The molecule has 2 atom stereocenters. The molecule has 0 amide bonds. The van der Waals surface area contributed by atoms with E-state index >= 15 is 0 Å².